The Balaban J connectivity index is 1.56. The van der Waals surface area contributed by atoms with Gasteiger partial charge in [-0.15, -0.1) is 0 Å². The Morgan fingerprint density at radius 2 is 1.33 bits per heavy atom. The number of nitrogens with zero attached hydrogens (tertiary/aromatic N) is 1. The van der Waals surface area contributed by atoms with Crippen molar-refractivity contribution in [2.24, 2.45) is 0 Å². The summed E-state index contributed by atoms with van der Waals surface area (Å²) in [7, 11) is 0. The van der Waals surface area contributed by atoms with E-state index in [9.17, 15) is 32.3 Å². The van der Waals surface area contributed by atoms with Gasteiger partial charge in [0.1, 0.15) is 0 Å². The van der Waals surface area contributed by atoms with Crippen molar-refractivity contribution in [1.82, 2.24) is 4.90 Å². The summed E-state index contributed by atoms with van der Waals surface area (Å²) in [6, 6.07) is 11.8. The normalized spacial score (nSPS) is 13.2. The number of fused-ring (bicyclic) bond motifs is 1. The average molecular weight is 419 g/mol. The van der Waals surface area contributed by atoms with Gasteiger partial charge in [0.2, 0.25) is 5.91 Å². The van der Waals surface area contributed by atoms with Crippen molar-refractivity contribution in [3.8, 4) is 0 Å². The zero-order valence-electron chi connectivity index (χ0n) is 15.5. The molecule has 3 rings (SSSR count). The summed E-state index contributed by atoms with van der Waals surface area (Å²) in [5.74, 6) is -3.57. The summed E-state index contributed by atoms with van der Waals surface area (Å²) in [5.41, 5.74) is 0.414. The standard InChI is InChI=1S/C20H16F3N3O4/c21-20(22,23)19(30)25-15-9-4-3-8-14(15)24-16(27)10-5-11-26-17(28)12-6-1-2-7-13(12)18(26)29/h1-4,6-9H,5,10-11H2,(H,24,27)(H,25,30). The predicted molar refractivity (Wildman–Crippen MR) is 101 cm³/mol. The maximum Gasteiger partial charge on any atom is 0.471 e. The lowest BCUT2D eigenvalue weighted by molar-refractivity contribution is -0.167. The Kier molecular flexibility index (Phi) is 5.86. The van der Waals surface area contributed by atoms with E-state index >= 15 is 0 Å². The Hall–Kier alpha value is -3.69. The van der Waals surface area contributed by atoms with Gasteiger partial charge in [-0.05, 0) is 30.7 Å². The van der Waals surface area contributed by atoms with Crippen LogP contribution in [0.5, 0.6) is 0 Å². The third-order valence-electron chi connectivity index (χ3n) is 4.37. The van der Waals surface area contributed by atoms with E-state index < -0.39 is 29.8 Å². The lowest BCUT2D eigenvalue weighted by atomic mass is 10.1. The summed E-state index contributed by atoms with van der Waals surface area (Å²) in [6.45, 7) is 0.0201. The molecule has 0 unspecified atom stereocenters. The third kappa shape index (κ3) is 4.48. The first-order valence-corrected chi connectivity index (χ1v) is 8.91. The van der Waals surface area contributed by atoms with E-state index in [1.807, 2.05) is 0 Å². The fourth-order valence-corrected chi connectivity index (χ4v) is 2.95. The van der Waals surface area contributed by atoms with Crippen molar-refractivity contribution in [1.29, 1.82) is 0 Å². The van der Waals surface area contributed by atoms with Gasteiger partial charge in [0.05, 0.1) is 22.5 Å². The molecule has 0 saturated carbocycles. The average Bonchev–Trinajstić information content (AvgIpc) is 2.94. The Labute approximate surface area is 168 Å². The van der Waals surface area contributed by atoms with Crippen LogP contribution in [0, 0.1) is 0 Å². The summed E-state index contributed by atoms with van der Waals surface area (Å²) in [5, 5.41) is 4.13. The topological polar surface area (TPSA) is 95.6 Å². The number of para-hydroxylation sites is 2. The number of hydrogen-bond acceptors (Lipinski definition) is 4. The largest absolute Gasteiger partial charge is 0.471 e. The van der Waals surface area contributed by atoms with Crippen LogP contribution >= 0.6 is 0 Å². The molecular formula is C20H16F3N3O4. The fourth-order valence-electron chi connectivity index (χ4n) is 2.95. The molecule has 2 aromatic carbocycles. The number of amides is 4. The molecule has 0 spiro atoms. The van der Waals surface area contributed by atoms with Crippen molar-refractivity contribution in [3.63, 3.8) is 0 Å². The van der Waals surface area contributed by atoms with Gasteiger partial charge < -0.3 is 10.6 Å². The van der Waals surface area contributed by atoms with Crippen LogP contribution in [0.15, 0.2) is 48.5 Å². The molecule has 0 fully saturated rings. The minimum absolute atomic E-state index is 0.000769. The highest BCUT2D eigenvalue weighted by Crippen LogP contribution is 2.25. The van der Waals surface area contributed by atoms with Crippen molar-refractivity contribution in [2.45, 2.75) is 19.0 Å². The van der Waals surface area contributed by atoms with Gasteiger partial charge in [-0.1, -0.05) is 24.3 Å². The molecule has 1 aliphatic rings. The highest BCUT2D eigenvalue weighted by atomic mass is 19.4. The fraction of sp³-hybridized carbons (Fsp3) is 0.200. The van der Waals surface area contributed by atoms with Gasteiger partial charge >= 0.3 is 12.1 Å². The molecule has 7 nitrogen and oxygen atoms in total. The van der Waals surface area contributed by atoms with E-state index in [-0.39, 0.29) is 30.8 Å². The highest BCUT2D eigenvalue weighted by Gasteiger charge is 2.39. The molecule has 30 heavy (non-hydrogen) atoms. The van der Waals surface area contributed by atoms with Crippen LogP contribution in [-0.4, -0.2) is 41.2 Å². The minimum atomic E-state index is -5.07. The van der Waals surface area contributed by atoms with Crippen molar-refractivity contribution in [2.75, 3.05) is 17.2 Å². The maximum atomic E-state index is 12.4. The van der Waals surface area contributed by atoms with E-state index in [2.05, 4.69) is 5.32 Å². The van der Waals surface area contributed by atoms with Crippen molar-refractivity contribution < 1.29 is 32.3 Å². The third-order valence-corrected chi connectivity index (χ3v) is 4.37. The van der Waals surface area contributed by atoms with Crippen LogP contribution in [0.4, 0.5) is 24.5 Å². The maximum absolute atomic E-state index is 12.4. The Bertz CT molecular complexity index is 985. The monoisotopic (exact) mass is 419 g/mol. The number of nitrogens with one attached hydrogen (secondary N) is 2. The molecule has 0 saturated heterocycles. The van der Waals surface area contributed by atoms with Gasteiger partial charge in [-0.2, -0.15) is 13.2 Å². The SMILES string of the molecule is O=C(CCCN1C(=O)c2ccccc2C1=O)Nc1ccccc1NC(=O)C(F)(F)F. The second-order valence-electron chi connectivity index (χ2n) is 6.46. The molecule has 10 heteroatoms. The van der Waals surface area contributed by atoms with Crippen LogP contribution in [-0.2, 0) is 9.59 Å². The van der Waals surface area contributed by atoms with Crippen LogP contribution in [0.3, 0.4) is 0 Å². The van der Waals surface area contributed by atoms with Gasteiger partial charge in [0, 0.05) is 13.0 Å². The first kappa shape index (κ1) is 21.0. The van der Waals surface area contributed by atoms with Crippen LogP contribution in [0.2, 0.25) is 0 Å². The molecule has 0 bridgehead atoms. The van der Waals surface area contributed by atoms with E-state index in [0.29, 0.717) is 11.1 Å². The molecule has 0 aromatic heterocycles. The predicted octanol–water partition coefficient (Wildman–Crippen LogP) is 3.20. The smallest absolute Gasteiger partial charge is 0.324 e. The van der Waals surface area contributed by atoms with E-state index in [1.165, 1.54) is 24.3 Å². The quantitative estimate of drug-likeness (QED) is 0.703. The van der Waals surface area contributed by atoms with Crippen molar-refractivity contribution >= 4 is 35.0 Å². The van der Waals surface area contributed by atoms with E-state index in [4.69, 9.17) is 0 Å². The first-order chi connectivity index (χ1) is 14.2. The van der Waals surface area contributed by atoms with Gasteiger partial charge in [-0.25, -0.2) is 0 Å². The number of alkyl halides is 3. The lowest BCUT2D eigenvalue weighted by Gasteiger charge is -2.15. The first-order valence-electron chi connectivity index (χ1n) is 8.91. The summed E-state index contributed by atoms with van der Waals surface area (Å²) in [6.07, 6.45) is -4.99. The highest BCUT2D eigenvalue weighted by molar-refractivity contribution is 6.21. The lowest BCUT2D eigenvalue weighted by Crippen LogP contribution is -2.31. The number of benzene rings is 2. The molecule has 1 aliphatic heterocycles. The van der Waals surface area contributed by atoms with E-state index in [0.717, 1.165) is 4.90 Å². The summed E-state index contributed by atoms with van der Waals surface area (Å²) >= 11 is 0. The zero-order chi connectivity index (χ0) is 21.9. The molecule has 0 radical (unpaired) electrons. The van der Waals surface area contributed by atoms with Crippen LogP contribution in [0.1, 0.15) is 33.6 Å². The zero-order valence-corrected chi connectivity index (χ0v) is 15.5. The Morgan fingerprint density at radius 1 is 0.833 bits per heavy atom. The van der Waals surface area contributed by atoms with Crippen LogP contribution in [0.25, 0.3) is 0 Å². The molecular weight excluding hydrogens is 403 g/mol. The summed E-state index contributed by atoms with van der Waals surface area (Å²) in [4.78, 5) is 48.9. The van der Waals surface area contributed by atoms with Gasteiger partial charge in [0.25, 0.3) is 11.8 Å². The molecule has 0 atom stereocenters. The van der Waals surface area contributed by atoms with Gasteiger partial charge in [-0.3, -0.25) is 24.1 Å². The second-order valence-corrected chi connectivity index (χ2v) is 6.46. The minimum Gasteiger partial charge on any atom is -0.324 e. The number of carbonyl (C=O) groups is 4. The molecule has 156 valence electrons. The molecule has 0 aliphatic carbocycles. The second kappa shape index (κ2) is 8.36. The number of hydrogen-bond donors (Lipinski definition) is 2. The van der Waals surface area contributed by atoms with Gasteiger partial charge in [0.15, 0.2) is 0 Å². The number of carbonyl (C=O) groups excluding carboxylic acids is 4. The van der Waals surface area contributed by atoms with Crippen LogP contribution < -0.4 is 10.6 Å². The number of halogens is 3. The number of imide groups is 1. The molecule has 2 aromatic rings. The Morgan fingerprint density at radius 3 is 1.87 bits per heavy atom. The molecule has 4 amide bonds. The summed E-state index contributed by atoms with van der Waals surface area (Å²) < 4.78 is 37.3. The number of rotatable bonds is 6. The molecule has 2 N–H and O–H groups in total. The van der Waals surface area contributed by atoms with Crippen molar-refractivity contribution in [3.05, 3.63) is 59.7 Å². The van der Waals surface area contributed by atoms with E-state index in [1.54, 1.807) is 29.6 Å². The number of anilines is 2. The molecule has 1 heterocycles.